The number of piperidine rings is 1. The van der Waals surface area contributed by atoms with Crippen LogP contribution in [0.1, 0.15) is 54.3 Å². The zero-order valence-electron chi connectivity index (χ0n) is 16.9. The fourth-order valence-electron chi connectivity index (χ4n) is 3.62. The van der Waals surface area contributed by atoms with Gasteiger partial charge in [-0.25, -0.2) is 4.98 Å². The Morgan fingerprint density at radius 1 is 1.28 bits per heavy atom. The van der Waals surface area contributed by atoms with Gasteiger partial charge >= 0.3 is 0 Å². The minimum absolute atomic E-state index is 0.150. The minimum atomic E-state index is 0.150. The number of hydrogen-bond acceptors (Lipinski definition) is 6. The van der Waals surface area contributed by atoms with E-state index in [9.17, 15) is 4.79 Å². The smallest absolute Gasteiger partial charge is 0.247 e. The Kier molecular flexibility index (Phi) is 6.04. The first-order valence-corrected chi connectivity index (χ1v) is 11.1. The van der Waals surface area contributed by atoms with E-state index in [0.717, 1.165) is 43.6 Å². The highest BCUT2D eigenvalue weighted by molar-refractivity contribution is 7.09. The zero-order valence-corrected chi connectivity index (χ0v) is 17.7. The van der Waals surface area contributed by atoms with Crippen LogP contribution in [0, 0.1) is 6.92 Å². The second-order valence-electron chi connectivity index (χ2n) is 7.58. The van der Waals surface area contributed by atoms with E-state index in [4.69, 9.17) is 9.40 Å². The maximum atomic E-state index is 12.7. The van der Waals surface area contributed by atoms with Gasteiger partial charge in [-0.05, 0) is 38.3 Å². The van der Waals surface area contributed by atoms with Crippen molar-refractivity contribution < 1.29 is 9.21 Å². The molecular formula is C22H26N4O2S. The molecule has 1 fully saturated rings. The van der Waals surface area contributed by atoms with E-state index in [0.29, 0.717) is 30.5 Å². The van der Waals surface area contributed by atoms with Crippen LogP contribution in [0.4, 0.5) is 0 Å². The van der Waals surface area contributed by atoms with Crippen molar-refractivity contribution >= 4 is 17.2 Å². The van der Waals surface area contributed by atoms with Crippen LogP contribution in [0.25, 0.3) is 11.5 Å². The van der Waals surface area contributed by atoms with Crippen LogP contribution in [-0.2, 0) is 17.6 Å². The molecule has 152 valence electrons. The molecule has 1 aliphatic rings. The van der Waals surface area contributed by atoms with E-state index < -0.39 is 0 Å². The first kappa shape index (κ1) is 19.8. The van der Waals surface area contributed by atoms with Crippen LogP contribution in [-0.4, -0.2) is 39.1 Å². The van der Waals surface area contributed by atoms with Crippen molar-refractivity contribution in [3.8, 4) is 11.5 Å². The number of benzene rings is 1. The van der Waals surface area contributed by atoms with Gasteiger partial charge in [-0.3, -0.25) is 4.79 Å². The fraction of sp³-hybridized carbons (Fsp3) is 0.455. The van der Waals surface area contributed by atoms with E-state index in [-0.39, 0.29) is 5.91 Å². The lowest BCUT2D eigenvalue weighted by molar-refractivity contribution is -0.132. The Morgan fingerprint density at radius 3 is 2.86 bits per heavy atom. The Balaban J connectivity index is 1.33. The Bertz CT molecular complexity index is 963. The molecule has 0 saturated carbocycles. The molecule has 1 unspecified atom stereocenters. The number of thiazole rings is 1. The van der Waals surface area contributed by atoms with E-state index in [1.54, 1.807) is 11.3 Å². The molecule has 29 heavy (non-hydrogen) atoms. The summed E-state index contributed by atoms with van der Waals surface area (Å²) in [6.45, 7) is 5.74. The minimum Gasteiger partial charge on any atom is -0.421 e. The van der Waals surface area contributed by atoms with Gasteiger partial charge in [0.2, 0.25) is 17.7 Å². The number of hydrogen-bond donors (Lipinski definition) is 0. The Hall–Kier alpha value is -2.54. The van der Waals surface area contributed by atoms with E-state index in [2.05, 4.69) is 22.5 Å². The molecule has 0 N–H and O–H groups in total. The molecule has 1 aliphatic heterocycles. The molecule has 0 aliphatic carbocycles. The second kappa shape index (κ2) is 8.86. The summed E-state index contributed by atoms with van der Waals surface area (Å²) in [7, 11) is 0. The van der Waals surface area contributed by atoms with Crippen molar-refractivity contribution in [1.82, 2.24) is 20.1 Å². The van der Waals surface area contributed by atoms with Gasteiger partial charge in [0.25, 0.3) is 0 Å². The molecule has 1 saturated heterocycles. The monoisotopic (exact) mass is 410 g/mol. The van der Waals surface area contributed by atoms with E-state index in [1.807, 2.05) is 36.1 Å². The van der Waals surface area contributed by atoms with Gasteiger partial charge in [-0.2, -0.15) is 0 Å². The summed E-state index contributed by atoms with van der Waals surface area (Å²) >= 11 is 1.72. The number of aromatic nitrogens is 3. The average molecular weight is 411 g/mol. The van der Waals surface area contributed by atoms with Gasteiger partial charge in [0, 0.05) is 42.8 Å². The summed E-state index contributed by atoms with van der Waals surface area (Å²) in [6.07, 6.45) is 3.94. The Morgan fingerprint density at radius 2 is 2.10 bits per heavy atom. The summed E-state index contributed by atoms with van der Waals surface area (Å²) < 4.78 is 5.75. The molecule has 4 rings (SSSR count). The largest absolute Gasteiger partial charge is 0.421 e. The van der Waals surface area contributed by atoms with Crippen molar-refractivity contribution in [3.05, 3.63) is 51.8 Å². The van der Waals surface area contributed by atoms with Crippen LogP contribution in [0.2, 0.25) is 0 Å². The number of carbonyl (C=O) groups is 1. The lowest BCUT2D eigenvalue weighted by Crippen LogP contribution is -2.39. The molecule has 0 radical (unpaired) electrons. The normalized spacial score (nSPS) is 16.9. The molecule has 0 spiro atoms. The zero-order chi connectivity index (χ0) is 20.2. The first-order chi connectivity index (χ1) is 14.1. The molecule has 1 amide bonds. The summed E-state index contributed by atoms with van der Waals surface area (Å²) in [5.74, 6) is 1.52. The van der Waals surface area contributed by atoms with Gasteiger partial charge in [0.05, 0.1) is 10.7 Å². The van der Waals surface area contributed by atoms with Crippen molar-refractivity contribution in [2.24, 2.45) is 0 Å². The third-order valence-corrected chi connectivity index (χ3v) is 6.43. The molecule has 7 heteroatoms. The van der Waals surface area contributed by atoms with Gasteiger partial charge in [-0.15, -0.1) is 21.5 Å². The van der Waals surface area contributed by atoms with Gasteiger partial charge in [0.1, 0.15) is 0 Å². The standard InChI is InChI=1S/C22H26N4O2S/c1-3-18-14-29-22(23-18)17-5-4-12-26(13-17)20(27)11-10-19-24-25-21(28-19)16-8-6-15(2)7-9-16/h6-9,14,17H,3-5,10-13H2,1-2H3. The van der Waals surface area contributed by atoms with E-state index >= 15 is 0 Å². The average Bonchev–Trinajstić information content (AvgIpc) is 3.42. The molecular weight excluding hydrogens is 384 g/mol. The van der Waals surface area contributed by atoms with Crippen molar-refractivity contribution in [1.29, 1.82) is 0 Å². The van der Waals surface area contributed by atoms with Crippen LogP contribution >= 0.6 is 11.3 Å². The lowest BCUT2D eigenvalue weighted by Gasteiger charge is -2.31. The first-order valence-electron chi connectivity index (χ1n) is 10.2. The second-order valence-corrected chi connectivity index (χ2v) is 8.47. The van der Waals surface area contributed by atoms with Crippen LogP contribution in [0.3, 0.4) is 0 Å². The molecule has 3 aromatic rings. The van der Waals surface area contributed by atoms with Crippen molar-refractivity contribution in [2.75, 3.05) is 13.1 Å². The summed E-state index contributed by atoms with van der Waals surface area (Å²) in [5.41, 5.74) is 3.23. The number of amides is 1. The van der Waals surface area contributed by atoms with Crippen LogP contribution in [0.5, 0.6) is 0 Å². The number of likely N-dealkylation sites (tertiary alicyclic amines) is 1. The maximum absolute atomic E-state index is 12.7. The summed E-state index contributed by atoms with van der Waals surface area (Å²) in [5, 5.41) is 11.5. The lowest BCUT2D eigenvalue weighted by atomic mass is 9.98. The van der Waals surface area contributed by atoms with Crippen molar-refractivity contribution in [3.63, 3.8) is 0 Å². The fourth-order valence-corrected chi connectivity index (χ4v) is 4.65. The van der Waals surface area contributed by atoms with Gasteiger partial charge in [-0.1, -0.05) is 24.6 Å². The number of nitrogens with zero attached hydrogens (tertiary/aromatic N) is 4. The van der Waals surface area contributed by atoms with Crippen LogP contribution < -0.4 is 0 Å². The molecule has 0 bridgehead atoms. The van der Waals surface area contributed by atoms with Crippen LogP contribution in [0.15, 0.2) is 34.1 Å². The third kappa shape index (κ3) is 4.72. The highest BCUT2D eigenvalue weighted by Gasteiger charge is 2.26. The van der Waals surface area contributed by atoms with Crippen molar-refractivity contribution in [2.45, 2.75) is 51.9 Å². The number of aryl methyl sites for hydroxylation is 3. The summed E-state index contributed by atoms with van der Waals surface area (Å²) in [6, 6.07) is 7.96. The predicted octanol–water partition coefficient (Wildman–Crippen LogP) is 4.40. The molecule has 1 atom stereocenters. The number of carbonyl (C=O) groups excluding carboxylic acids is 1. The molecule has 1 aromatic carbocycles. The Labute approximate surface area is 175 Å². The SMILES string of the molecule is CCc1csc(C2CCCN(C(=O)CCc3nnc(-c4ccc(C)cc4)o3)C2)n1. The topological polar surface area (TPSA) is 72.1 Å². The molecule has 6 nitrogen and oxygen atoms in total. The number of rotatable bonds is 6. The third-order valence-electron chi connectivity index (χ3n) is 5.37. The van der Waals surface area contributed by atoms with Gasteiger partial charge in [0.15, 0.2) is 0 Å². The molecule has 2 aromatic heterocycles. The highest BCUT2D eigenvalue weighted by Crippen LogP contribution is 2.30. The maximum Gasteiger partial charge on any atom is 0.247 e. The predicted molar refractivity (Wildman–Crippen MR) is 113 cm³/mol. The summed E-state index contributed by atoms with van der Waals surface area (Å²) in [4.78, 5) is 19.4. The molecule has 3 heterocycles. The highest BCUT2D eigenvalue weighted by atomic mass is 32.1. The van der Waals surface area contributed by atoms with E-state index in [1.165, 1.54) is 10.6 Å². The van der Waals surface area contributed by atoms with Gasteiger partial charge < -0.3 is 9.32 Å². The quantitative estimate of drug-likeness (QED) is 0.602.